The molecule has 1 fully saturated rings. The largest absolute Gasteiger partial charge is 0.375 e. The lowest BCUT2D eigenvalue weighted by Gasteiger charge is -2.28. The Morgan fingerprint density at radius 3 is 3.05 bits per heavy atom. The summed E-state index contributed by atoms with van der Waals surface area (Å²) in [5, 5.41) is 15.7. The fraction of sp³-hybridized carbons (Fsp3) is 0.357. The van der Waals surface area contributed by atoms with Crippen LogP contribution in [0.4, 0.5) is 5.13 Å². The highest BCUT2D eigenvalue weighted by molar-refractivity contribution is 7.18. The van der Waals surface area contributed by atoms with E-state index < -0.39 is 0 Å². The zero-order chi connectivity index (χ0) is 15.5. The zero-order valence-corrected chi connectivity index (χ0v) is 13.4. The molecule has 2 aromatic rings. The summed E-state index contributed by atoms with van der Waals surface area (Å²) in [5.41, 5.74) is 0.801. The van der Waals surface area contributed by atoms with E-state index in [4.69, 9.17) is 16.3 Å². The molecule has 1 aliphatic heterocycles. The molecule has 0 unspecified atom stereocenters. The third-order valence-electron chi connectivity index (χ3n) is 3.36. The first-order chi connectivity index (χ1) is 10.6. The van der Waals surface area contributed by atoms with E-state index >= 15 is 0 Å². The molecule has 1 saturated heterocycles. The number of rotatable bonds is 3. The monoisotopic (exact) mass is 338 g/mol. The SMILES string of the molecule is C[C@H]1OCCN[C@@H]1C(=O)Nc1nnc(-c2ccccc2Cl)s1. The van der Waals surface area contributed by atoms with Crippen LogP contribution in [-0.2, 0) is 9.53 Å². The summed E-state index contributed by atoms with van der Waals surface area (Å²) >= 11 is 7.43. The van der Waals surface area contributed by atoms with Gasteiger partial charge in [-0.2, -0.15) is 0 Å². The van der Waals surface area contributed by atoms with Crippen molar-refractivity contribution in [2.45, 2.75) is 19.1 Å². The Hall–Kier alpha value is -1.54. The van der Waals surface area contributed by atoms with E-state index in [1.807, 2.05) is 25.1 Å². The molecule has 0 bridgehead atoms. The van der Waals surface area contributed by atoms with E-state index in [1.165, 1.54) is 11.3 Å². The average Bonchev–Trinajstić information content (AvgIpc) is 2.96. The summed E-state index contributed by atoms with van der Waals surface area (Å²) < 4.78 is 5.47. The van der Waals surface area contributed by atoms with Gasteiger partial charge in [0.2, 0.25) is 11.0 Å². The standard InChI is InChI=1S/C14H15ClN4O2S/c1-8-11(16-6-7-21-8)12(20)17-14-19-18-13(22-14)9-4-2-3-5-10(9)15/h2-5,8,11,16H,6-7H2,1H3,(H,17,19,20)/t8-,11+/m1/s1. The number of aromatic nitrogens is 2. The van der Waals surface area contributed by atoms with Gasteiger partial charge in [-0.3, -0.25) is 10.1 Å². The molecule has 1 aromatic carbocycles. The number of morpholine rings is 1. The number of ether oxygens (including phenoxy) is 1. The summed E-state index contributed by atoms with van der Waals surface area (Å²) in [6.07, 6.45) is -0.176. The molecule has 2 atom stereocenters. The van der Waals surface area contributed by atoms with Crippen molar-refractivity contribution < 1.29 is 9.53 Å². The van der Waals surface area contributed by atoms with E-state index in [2.05, 4.69) is 20.8 Å². The molecule has 0 spiro atoms. The Bertz CT molecular complexity index is 678. The first kappa shape index (κ1) is 15.4. The summed E-state index contributed by atoms with van der Waals surface area (Å²) in [4.78, 5) is 12.2. The molecular formula is C14H15ClN4O2S. The maximum atomic E-state index is 12.2. The van der Waals surface area contributed by atoms with Crippen molar-refractivity contribution in [1.82, 2.24) is 15.5 Å². The van der Waals surface area contributed by atoms with Crippen LogP contribution in [0.5, 0.6) is 0 Å². The zero-order valence-electron chi connectivity index (χ0n) is 11.9. The summed E-state index contributed by atoms with van der Waals surface area (Å²) in [6, 6.07) is 7.01. The van der Waals surface area contributed by atoms with Gasteiger partial charge >= 0.3 is 0 Å². The van der Waals surface area contributed by atoms with E-state index in [9.17, 15) is 4.79 Å². The first-order valence-corrected chi connectivity index (χ1v) is 8.09. The second-order valence-electron chi connectivity index (χ2n) is 4.89. The molecule has 1 amide bonds. The Kier molecular flexibility index (Phi) is 4.68. The molecule has 22 heavy (non-hydrogen) atoms. The third kappa shape index (κ3) is 3.27. The van der Waals surface area contributed by atoms with Gasteiger partial charge in [0, 0.05) is 12.1 Å². The van der Waals surface area contributed by atoms with Gasteiger partial charge in [0.15, 0.2) is 5.01 Å². The molecule has 2 heterocycles. The number of hydrogen-bond acceptors (Lipinski definition) is 6. The minimum absolute atomic E-state index is 0.172. The van der Waals surface area contributed by atoms with Gasteiger partial charge in [-0.05, 0) is 13.0 Å². The van der Waals surface area contributed by atoms with Gasteiger partial charge < -0.3 is 10.1 Å². The molecular weight excluding hydrogens is 324 g/mol. The van der Waals surface area contributed by atoms with Crippen molar-refractivity contribution in [1.29, 1.82) is 0 Å². The highest BCUT2D eigenvalue weighted by Crippen LogP contribution is 2.31. The molecule has 116 valence electrons. The number of nitrogens with zero attached hydrogens (tertiary/aromatic N) is 2. The number of carbonyl (C=O) groups is 1. The van der Waals surface area contributed by atoms with Crippen molar-refractivity contribution in [3.63, 3.8) is 0 Å². The molecule has 6 nitrogen and oxygen atoms in total. The van der Waals surface area contributed by atoms with E-state index in [-0.39, 0.29) is 18.1 Å². The molecule has 0 saturated carbocycles. The number of amides is 1. The molecule has 1 aromatic heterocycles. The number of anilines is 1. The van der Waals surface area contributed by atoms with Gasteiger partial charge in [-0.1, -0.05) is 41.1 Å². The number of benzene rings is 1. The third-order valence-corrected chi connectivity index (χ3v) is 4.56. The lowest BCUT2D eigenvalue weighted by atomic mass is 10.1. The van der Waals surface area contributed by atoms with Crippen LogP contribution in [0.25, 0.3) is 10.6 Å². The Morgan fingerprint density at radius 2 is 2.27 bits per heavy atom. The fourth-order valence-corrected chi connectivity index (χ4v) is 3.29. The van der Waals surface area contributed by atoms with Crippen molar-refractivity contribution >= 4 is 34.0 Å². The number of carbonyl (C=O) groups excluding carboxylic acids is 1. The van der Waals surface area contributed by atoms with Crippen molar-refractivity contribution in [3.05, 3.63) is 29.3 Å². The van der Waals surface area contributed by atoms with Crippen molar-refractivity contribution in [3.8, 4) is 10.6 Å². The maximum Gasteiger partial charge on any atom is 0.246 e. The minimum atomic E-state index is -0.388. The quantitative estimate of drug-likeness (QED) is 0.897. The minimum Gasteiger partial charge on any atom is -0.375 e. The van der Waals surface area contributed by atoms with Gasteiger partial charge in [0.1, 0.15) is 6.04 Å². The predicted molar refractivity (Wildman–Crippen MR) is 86.2 cm³/mol. The van der Waals surface area contributed by atoms with Gasteiger partial charge in [0.05, 0.1) is 17.7 Å². The van der Waals surface area contributed by atoms with Crippen LogP contribution in [0, 0.1) is 0 Å². The molecule has 8 heteroatoms. The van der Waals surface area contributed by atoms with Crippen molar-refractivity contribution in [2.24, 2.45) is 0 Å². The van der Waals surface area contributed by atoms with Crippen LogP contribution in [0.2, 0.25) is 5.02 Å². The van der Waals surface area contributed by atoms with Gasteiger partial charge in [-0.25, -0.2) is 0 Å². The highest BCUT2D eigenvalue weighted by Gasteiger charge is 2.29. The van der Waals surface area contributed by atoms with Crippen LogP contribution in [0.1, 0.15) is 6.92 Å². The lowest BCUT2D eigenvalue weighted by Crippen LogP contribution is -2.53. The topological polar surface area (TPSA) is 76.1 Å². The van der Waals surface area contributed by atoms with Crippen LogP contribution < -0.4 is 10.6 Å². The Balaban J connectivity index is 1.72. The molecule has 3 rings (SSSR count). The molecule has 2 N–H and O–H groups in total. The molecule has 1 aliphatic rings. The fourth-order valence-electron chi connectivity index (χ4n) is 2.23. The first-order valence-electron chi connectivity index (χ1n) is 6.89. The maximum absolute atomic E-state index is 12.2. The second-order valence-corrected chi connectivity index (χ2v) is 6.27. The number of halogens is 1. The van der Waals surface area contributed by atoms with E-state index in [0.717, 1.165) is 5.56 Å². The lowest BCUT2D eigenvalue weighted by molar-refractivity contribution is -0.123. The van der Waals surface area contributed by atoms with Crippen LogP contribution in [0.3, 0.4) is 0 Å². The molecule has 0 aliphatic carbocycles. The van der Waals surface area contributed by atoms with E-state index in [0.29, 0.717) is 28.3 Å². The van der Waals surface area contributed by atoms with Gasteiger partial charge in [-0.15, -0.1) is 10.2 Å². The average molecular weight is 339 g/mol. The Morgan fingerprint density at radius 1 is 1.45 bits per heavy atom. The smallest absolute Gasteiger partial charge is 0.246 e. The second kappa shape index (κ2) is 6.70. The molecule has 0 radical (unpaired) electrons. The van der Waals surface area contributed by atoms with Crippen LogP contribution >= 0.6 is 22.9 Å². The predicted octanol–water partition coefficient (Wildman–Crippen LogP) is 2.17. The highest BCUT2D eigenvalue weighted by atomic mass is 35.5. The summed E-state index contributed by atoms with van der Waals surface area (Å²) in [7, 11) is 0. The van der Waals surface area contributed by atoms with Crippen LogP contribution in [-0.4, -0.2) is 41.4 Å². The Labute approximate surface area is 136 Å². The van der Waals surface area contributed by atoms with Crippen LogP contribution in [0.15, 0.2) is 24.3 Å². The summed E-state index contributed by atoms with van der Waals surface area (Å²) in [6.45, 7) is 3.13. The van der Waals surface area contributed by atoms with E-state index in [1.54, 1.807) is 6.07 Å². The number of nitrogens with one attached hydrogen (secondary N) is 2. The van der Waals surface area contributed by atoms with Crippen molar-refractivity contribution in [2.75, 3.05) is 18.5 Å². The number of hydrogen-bond donors (Lipinski definition) is 2. The van der Waals surface area contributed by atoms with Gasteiger partial charge in [0.25, 0.3) is 0 Å². The summed E-state index contributed by atoms with van der Waals surface area (Å²) in [5.74, 6) is -0.172. The normalized spacial score (nSPS) is 21.5.